The van der Waals surface area contributed by atoms with E-state index < -0.39 is 5.92 Å². The average Bonchev–Trinajstić information content (AvgIpc) is 2.59. The molecule has 2 N–H and O–H groups in total. The zero-order valence-corrected chi connectivity index (χ0v) is 14.3. The van der Waals surface area contributed by atoms with E-state index in [1.807, 2.05) is 42.5 Å². The third-order valence-electron chi connectivity index (χ3n) is 3.96. The van der Waals surface area contributed by atoms with Gasteiger partial charge in [0.2, 0.25) is 11.8 Å². The highest BCUT2D eigenvalue weighted by molar-refractivity contribution is 8.00. The molecule has 0 radical (unpaired) electrons. The maximum atomic E-state index is 12.6. The number of anilines is 1. The zero-order valence-electron chi connectivity index (χ0n) is 13.5. The lowest BCUT2D eigenvalue weighted by Gasteiger charge is -2.25. The van der Waals surface area contributed by atoms with Gasteiger partial charge in [-0.1, -0.05) is 43.3 Å². The van der Waals surface area contributed by atoms with E-state index in [4.69, 9.17) is 0 Å². The van der Waals surface area contributed by atoms with Crippen molar-refractivity contribution in [2.45, 2.75) is 29.4 Å². The van der Waals surface area contributed by atoms with Crippen molar-refractivity contribution in [2.24, 2.45) is 0 Å². The number of fused-ring (bicyclic) bond motifs is 1. The van der Waals surface area contributed by atoms with E-state index in [1.165, 1.54) is 4.90 Å². The van der Waals surface area contributed by atoms with Crippen LogP contribution in [0.1, 0.15) is 24.8 Å². The summed E-state index contributed by atoms with van der Waals surface area (Å²) in [6.45, 7) is 2.65. The molecule has 1 heterocycles. The predicted octanol–water partition coefficient (Wildman–Crippen LogP) is 3.41. The van der Waals surface area contributed by atoms with Crippen molar-refractivity contribution in [3.63, 3.8) is 0 Å². The van der Waals surface area contributed by atoms with Crippen LogP contribution in [0.25, 0.3) is 0 Å². The minimum atomic E-state index is -0.413. The summed E-state index contributed by atoms with van der Waals surface area (Å²) in [6, 6.07) is 17.6. The lowest BCUT2D eigenvalue weighted by Crippen LogP contribution is -2.37. The Bertz CT molecular complexity index is 733. The SMILES string of the molecule is C[C@@H](CNC(=O)[C@H]1CC(=O)Nc2ccccc21)Sc1ccccc1. The van der Waals surface area contributed by atoms with E-state index in [0.29, 0.717) is 6.54 Å². The molecule has 24 heavy (non-hydrogen) atoms. The van der Waals surface area contributed by atoms with Gasteiger partial charge in [0.1, 0.15) is 0 Å². The molecule has 0 saturated carbocycles. The van der Waals surface area contributed by atoms with Crippen molar-refractivity contribution < 1.29 is 9.59 Å². The lowest BCUT2D eigenvalue weighted by atomic mass is 9.90. The number of amides is 2. The van der Waals surface area contributed by atoms with E-state index in [2.05, 4.69) is 29.7 Å². The van der Waals surface area contributed by atoms with Crippen LogP contribution in [0.5, 0.6) is 0 Å². The molecule has 0 spiro atoms. The van der Waals surface area contributed by atoms with Gasteiger partial charge in [-0.25, -0.2) is 0 Å². The van der Waals surface area contributed by atoms with Gasteiger partial charge in [0.15, 0.2) is 0 Å². The number of rotatable bonds is 5. The van der Waals surface area contributed by atoms with Crippen molar-refractivity contribution in [1.82, 2.24) is 5.32 Å². The molecule has 2 aromatic carbocycles. The summed E-state index contributed by atoms with van der Waals surface area (Å²) in [5.74, 6) is -0.609. The molecule has 0 aromatic heterocycles. The molecule has 0 fully saturated rings. The van der Waals surface area contributed by atoms with E-state index in [1.54, 1.807) is 11.8 Å². The van der Waals surface area contributed by atoms with Crippen LogP contribution in [0, 0.1) is 0 Å². The standard InChI is InChI=1S/C19H20N2O2S/c1-13(24-14-7-3-2-4-8-14)12-20-19(23)16-11-18(22)21-17-10-6-5-9-15(16)17/h2-10,13,16H,11-12H2,1H3,(H,20,23)(H,21,22)/t13-,16-/m0/s1. The Morgan fingerprint density at radius 3 is 2.71 bits per heavy atom. The summed E-state index contributed by atoms with van der Waals surface area (Å²) in [4.78, 5) is 25.6. The fourth-order valence-electron chi connectivity index (χ4n) is 2.79. The Balaban J connectivity index is 1.60. The maximum absolute atomic E-state index is 12.6. The first kappa shape index (κ1) is 16.6. The van der Waals surface area contributed by atoms with Crippen molar-refractivity contribution >= 4 is 29.3 Å². The van der Waals surface area contributed by atoms with Gasteiger partial charge in [-0.2, -0.15) is 0 Å². The molecule has 0 saturated heterocycles. The van der Waals surface area contributed by atoms with Gasteiger partial charge in [-0.15, -0.1) is 11.8 Å². The Morgan fingerprint density at radius 1 is 1.21 bits per heavy atom. The molecule has 2 atom stereocenters. The summed E-state index contributed by atoms with van der Waals surface area (Å²) >= 11 is 1.72. The van der Waals surface area contributed by atoms with Gasteiger partial charge in [0, 0.05) is 28.8 Å². The molecule has 0 bridgehead atoms. The van der Waals surface area contributed by atoms with Gasteiger partial charge >= 0.3 is 0 Å². The molecule has 5 heteroatoms. The van der Waals surface area contributed by atoms with E-state index in [9.17, 15) is 9.59 Å². The van der Waals surface area contributed by atoms with Crippen LogP contribution in [0.15, 0.2) is 59.5 Å². The van der Waals surface area contributed by atoms with Crippen LogP contribution in [-0.2, 0) is 9.59 Å². The Labute approximate surface area is 146 Å². The number of carbonyl (C=O) groups excluding carboxylic acids is 2. The van der Waals surface area contributed by atoms with Crippen LogP contribution in [0.2, 0.25) is 0 Å². The number of hydrogen-bond acceptors (Lipinski definition) is 3. The second-order valence-electron chi connectivity index (χ2n) is 5.88. The number of para-hydroxylation sites is 1. The maximum Gasteiger partial charge on any atom is 0.228 e. The Hall–Kier alpha value is -2.27. The predicted molar refractivity (Wildman–Crippen MR) is 97.2 cm³/mol. The van der Waals surface area contributed by atoms with Gasteiger partial charge in [0.05, 0.1) is 5.92 Å². The number of benzene rings is 2. The van der Waals surface area contributed by atoms with Crippen molar-refractivity contribution in [2.75, 3.05) is 11.9 Å². The molecule has 124 valence electrons. The molecular formula is C19H20N2O2S. The van der Waals surface area contributed by atoms with Gasteiger partial charge < -0.3 is 10.6 Å². The first-order chi connectivity index (χ1) is 11.6. The molecule has 0 aliphatic carbocycles. The highest BCUT2D eigenvalue weighted by Crippen LogP contribution is 2.32. The molecule has 2 aromatic rings. The van der Waals surface area contributed by atoms with Gasteiger partial charge in [0.25, 0.3) is 0 Å². The van der Waals surface area contributed by atoms with Crippen LogP contribution >= 0.6 is 11.8 Å². The van der Waals surface area contributed by atoms with Gasteiger partial charge in [-0.05, 0) is 23.8 Å². The number of nitrogens with one attached hydrogen (secondary N) is 2. The van der Waals surface area contributed by atoms with Crippen molar-refractivity contribution in [3.8, 4) is 0 Å². The third-order valence-corrected chi connectivity index (χ3v) is 5.07. The largest absolute Gasteiger partial charge is 0.354 e. The fourth-order valence-corrected chi connectivity index (χ4v) is 3.73. The minimum absolute atomic E-state index is 0.0854. The van der Waals surface area contributed by atoms with E-state index >= 15 is 0 Å². The smallest absolute Gasteiger partial charge is 0.228 e. The monoisotopic (exact) mass is 340 g/mol. The molecular weight excluding hydrogens is 320 g/mol. The number of thioether (sulfide) groups is 1. The first-order valence-electron chi connectivity index (χ1n) is 8.01. The number of hydrogen-bond donors (Lipinski definition) is 2. The van der Waals surface area contributed by atoms with Crippen LogP contribution in [0.3, 0.4) is 0 Å². The van der Waals surface area contributed by atoms with E-state index in [0.717, 1.165) is 11.3 Å². The highest BCUT2D eigenvalue weighted by atomic mass is 32.2. The molecule has 0 unspecified atom stereocenters. The zero-order chi connectivity index (χ0) is 16.9. The van der Waals surface area contributed by atoms with Crippen LogP contribution < -0.4 is 10.6 Å². The Morgan fingerprint density at radius 2 is 1.92 bits per heavy atom. The lowest BCUT2D eigenvalue weighted by molar-refractivity contribution is -0.126. The van der Waals surface area contributed by atoms with Crippen molar-refractivity contribution in [1.29, 1.82) is 0 Å². The summed E-state index contributed by atoms with van der Waals surface area (Å²) in [5.41, 5.74) is 1.62. The highest BCUT2D eigenvalue weighted by Gasteiger charge is 2.30. The first-order valence-corrected chi connectivity index (χ1v) is 8.89. The number of carbonyl (C=O) groups is 2. The Kier molecular flexibility index (Phi) is 5.20. The average molecular weight is 340 g/mol. The van der Waals surface area contributed by atoms with E-state index in [-0.39, 0.29) is 23.5 Å². The quantitative estimate of drug-likeness (QED) is 0.820. The molecule has 4 nitrogen and oxygen atoms in total. The molecule has 2 amide bonds. The van der Waals surface area contributed by atoms with Gasteiger partial charge in [-0.3, -0.25) is 9.59 Å². The van der Waals surface area contributed by atoms with Crippen LogP contribution in [-0.4, -0.2) is 23.6 Å². The third kappa shape index (κ3) is 3.97. The van der Waals surface area contributed by atoms with Crippen molar-refractivity contribution in [3.05, 3.63) is 60.2 Å². The summed E-state index contributed by atoms with van der Waals surface area (Å²) < 4.78 is 0. The fraction of sp³-hybridized carbons (Fsp3) is 0.263. The second-order valence-corrected chi connectivity index (χ2v) is 7.39. The minimum Gasteiger partial charge on any atom is -0.354 e. The second kappa shape index (κ2) is 7.53. The van der Waals surface area contributed by atoms with Crippen LogP contribution in [0.4, 0.5) is 5.69 Å². The summed E-state index contributed by atoms with van der Waals surface area (Å²) in [7, 11) is 0. The summed E-state index contributed by atoms with van der Waals surface area (Å²) in [6.07, 6.45) is 0.197. The normalized spacial score (nSPS) is 17.5. The molecule has 3 rings (SSSR count). The molecule has 1 aliphatic rings. The topological polar surface area (TPSA) is 58.2 Å². The molecule has 1 aliphatic heterocycles. The summed E-state index contributed by atoms with van der Waals surface area (Å²) in [5, 5.41) is 6.07.